The Bertz CT molecular complexity index is 1240. The lowest BCUT2D eigenvalue weighted by atomic mass is 10.2. The third kappa shape index (κ3) is 2.77. The minimum Gasteiger partial charge on any atom is -0.364 e. The number of fused-ring (bicyclic) bond motifs is 1. The van der Waals surface area contributed by atoms with Gasteiger partial charge >= 0.3 is 5.69 Å². The maximum atomic E-state index is 14.2. The number of carbonyl (C=O) groups excluding carboxylic acids is 1. The molecule has 2 heterocycles. The summed E-state index contributed by atoms with van der Waals surface area (Å²) in [6.45, 7) is 1.92. The number of benzene rings is 2. The Kier molecular flexibility index (Phi) is 3.80. The van der Waals surface area contributed by atoms with Crippen molar-refractivity contribution in [1.29, 1.82) is 0 Å². The Hall–Kier alpha value is -3.81. The maximum Gasteiger partial charge on any atom is 0.332 e. The van der Waals surface area contributed by atoms with Crippen molar-refractivity contribution in [2.45, 2.75) is 6.92 Å². The van der Waals surface area contributed by atoms with Crippen molar-refractivity contribution < 1.29 is 9.18 Å². The van der Waals surface area contributed by atoms with Crippen molar-refractivity contribution in [2.24, 2.45) is 5.73 Å². The molecule has 134 valence electrons. The molecule has 0 fully saturated rings. The number of rotatable bonds is 3. The van der Waals surface area contributed by atoms with Crippen LogP contribution < -0.4 is 11.4 Å². The van der Waals surface area contributed by atoms with Crippen LogP contribution in [0.5, 0.6) is 0 Å². The van der Waals surface area contributed by atoms with Gasteiger partial charge in [-0.25, -0.2) is 23.7 Å². The standard InChI is InChI=1S/C19H14FN5O2/c1-10-6-8-11(9-7-10)25-18-15(23-19(25)27)14(16(21)26)22-17(24-18)12-4-2-3-5-13(12)20/h2-9H,1H3,(H2,21,26)(H,23,27). The van der Waals surface area contributed by atoms with E-state index < -0.39 is 17.4 Å². The molecule has 4 rings (SSSR count). The van der Waals surface area contributed by atoms with Crippen molar-refractivity contribution in [1.82, 2.24) is 19.5 Å². The monoisotopic (exact) mass is 363 g/mol. The van der Waals surface area contributed by atoms with Crippen LogP contribution in [-0.2, 0) is 0 Å². The van der Waals surface area contributed by atoms with Gasteiger partial charge in [-0.1, -0.05) is 29.8 Å². The highest BCUT2D eigenvalue weighted by Crippen LogP contribution is 2.23. The maximum absolute atomic E-state index is 14.2. The van der Waals surface area contributed by atoms with Crippen LogP contribution in [-0.4, -0.2) is 25.4 Å². The average Bonchev–Trinajstić information content (AvgIpc) is 2.97. The Balaban J connectivity index is 2.08. The van der Waals surface area contributed by atoms with Crippen LogP contribution in [0.4, 0.5) is 4.39 Å². The molecule has 8 heteroatoms. The molecule has 0 bridgehead atoms. The topological polar surface area (TPSA) is 107 Å². The lowest BCUT2D eigenvalue weighted by molar-refractivity contribution is 0.0997. The first-order chi connectivity index (χ1) is 13.0. The molecule has 0 radical (unpaired) electrons. The van der Waals surface area contributed by atoms with E-state index in [2.05, 4.69) is 15.0 Å². The third-order valence-electron chi connectivity index (χ3n) is 4.18. The van der Waals surface area contributed by atoms with Crippen LogP contribution in [0.3, 0.4) is 0 Å². The van der Waals surface area contributed by atoms with Gasteiger partial charge in [-0.3, -0.25) is 4.79 Å². The van der Waals surface area contributed by atoms with E-state index in [9.17, 15) is 14.0 Å². The first-order valence-electron chi connectivity index (χ1n) is 8.10. The number of nitrogens with zero attached hydrogens (tertiary/aromatic N) is 3. The summed E-state index contributed by atoms with van der Waals surface area (Å²) >= 11 is 0. The van der Waals surface area contributed by atoms with Crippen LogP contribution in [0, 0.1) is 12.7 Å². The quantitative estimate of drug-likeness (QED) is 0.582. The number of H-pyrrole nitrogens is 1. The van der Waals surface area contributed by atoms with Crippen molar-refractivity contribution >= 4 is 17.1 Å². The summed E-state index contributed by atoms with van der Waals surface area (Å²) in [5.74, 6) is -1.43. The van der Waals surface area contributed by atoms with E-state index in [1.54, 1.807) is 18.2 Å². The van der Waals surface area contributed by atoms with Crippen LogP contribution in [0.25, 0.3) is 28.2 Å². The highest BCUT2D eigenvalue weighted by molar-refractivity contribution is 6.02. The van der Waals surface area contributed by atoms with E-state index in [0.717, 1.165) is 5.56 Å². The van der Waals surface area contributed by atoms with Crippen LogP contribution in [0.1, 0.15) is 16.1 Å². The van der Waals surface area contributed by atoms with Crippen molar-refractivity contribution in [3.63, 3.8) is 0 Å². The van der Waals surface area contributed by atoms with Crippen molar-refractivity contribution in [2.75, 3.05) is 0 Å². The Morgan fingerprint density at radius 3 is 2.48 bits per heavy atom. The number of primary amides is 1. The number of aromatic amines is 1. The Morgan fingerprint density at radius 1 is 1.11 bits per heavy atom. The molecule has 7 nitrogen and oxygen atoms in total. The average molecular weight is 363 g/mol. The van der Waals surface area contributed by atoms with Gasteiger partial charge in [0, 0.05) is 0 Å². The number of aryl methyl sites for hydroxylation is 1. The van der Waals surface area contributed by atoms with Gasteiger partial charge in [0.2, 0.25) is 0 Å². The van der Waals surface area contributed by atoms with Gasteiger partial charge in [0.25, 0.3) is 5.91 Å². The first-order valence-corrected chi connectivity index (χ1v) is 8.10. The number of nitrogens with one attached hydrogen (secondary N) is 1. The SMILES string of the molecule is Cc1ccc(-n2c(=O)[nH]c3c(C(N)=O)nc(-c4ccccc4F)nc32)cc1. The zero-order valence-corrected chi connectivity index (χ0v) is 14.2. The normalized spacial score (nSPS) is 11.0. The summed E-state index contributed by atoms with van der Waals surface area (Å²) in [4.78, 5) is 35.4. The van der Waals surface area contributed by atoms with Gasteiger partial charge < -0.3 is 10.7 Å². The Labute approximate surface area is 152 Å². The molecule has 0 saturated carbocycles. The molecule has 1 amide bonds. The van der Waals surface area contributed by atoms with E-state index in [1.165, 1.54) is 22.8 Å². The van der Waals surface area contributed by atoms with Crippen LogP contribution in [0.2, 0.25) is 0 Å². The van der Waals surface area contributed by atoms with Gasteiger partial charge in [-0.15, -0.1) is 0 Å². The zero-order chi connectivity index (χ0) is 19.1. The number of halogens is 1. The summed E-state index contributed by atoms with van der Waals surface area (Å²) in [5.41, 5.74) is 6.66. The van der Waals surface area contributed by atoms with E-state index in [0.29, 0.717) is 5.69 Å². The largest absolute Gasteiger partial charge is 0.364 e. The predicted molar refractivity (Wildman–Crippen MR) is 98.1 cm³/mol. The molecular weight excluding hydrogens is 349 g/mol. The van der Waals surface area contributed by atoms with E-state index in [-0.39, 0.29) is 28.2 Å². The second-order valence-electron chi connectivity index (χ2n) is 6.04. The highest BCUT2D eigenvalue weighted by Gasteiger charge is 2.21. The first kappa shape index (κ1) is 16.6. The molecule has 0 spiro atoms. The highest BCUT2D eigenvalue weighted by atomic mass is 19.1. The van der Waals surface area contributed by atoms with E-state index in [1.807, 2.05) is 19.1 Å². The van der Waals surface area contributed by atoms with E-state index >= 15 is 0 Å². The van der Waals surface area contributed by atoms with Gasteiger partial charge in [-0.05, 0) is 31.2 Å². The summed E-state index contributed by atoms with van der Waals surface area (Å²) in [5, 5.41) is 0. The molecule has 2 aromatic carbocycles. The molecule has 0 aliphatic carbocycles. The lowest BCUT2D eigenvalue weighted by Crippen LogP contribution is -2.15. The van der Waals surface area contributed by atoms with E-state index in [4.69, 9.17) is 5.73 Å². The summed E-state index contributed by atoms with van der Waals surface area (Å²) < 4.78 is 15.5. The number of nitrogens with two attached hydrogens (primary N) is 1. The molecule has 3 N–H and O–H groups in total. The second-order valence-corrected chi connectivity index (χ2v) is 6.04. The van der Waals surface area contributed by atoms with Crippen LogP contribution >= 0.6 is 0 Å². The molecule has 0 aliphatic heterocycles. The van der Waals surface area contributed by atoms with Gasteiger partial charge in [0.05, 0.1) is 11.3 Å². The summed E-state index contributed by atoms with van der Waals surface area (Å²) in [6.07, 6.45) is 0. The second kappa shape index (κ2) is 6.17. The number of aromatic nitrogens is 4. The molecule has 0 saturated heterocycles. The fourth-order valence-corrected chi connectivity index (χ4v) is 2.86. The minimum atomic E-state index is -0.850. The Morgan fingerprint density at radius 2 is 1.81 bits per heavy atom. The predicted octanol–water partition coefficient (Wildman–Crippen LogP) is 2.32. The number of hydrogen-bond acceptors (Lipinski definition) is 4. The molecule has 0 unspecified atom stereocenters. The number of imidazole rings is 1. The number of carbonyl (C=O) groups is 1. The van der Waals surface area contributed by atoms with Crippen molar-refractivity contribution in [3.05, 3.63) is 76.1 Å². The molecule has 0 atom stereocenters. The number of hydrogen-bond donors (Lipinski definition) is 2. The molecule has 4 aromatic rings. The summed E-state index contributed by atoms with van der Waals surface area (Å²) in [7, 11) is 0. The lowest BCUT2D eigenvalue weighted by Gasteiger charge is -2.07. The molecule has 0 aliphatic rings. The molecular formula is C19H14FN5O2. The fraction of sp³-hybridized carbons (Fsp3) is 0.0526. The fourth-order valence-electron chi connectivity index (χ4n) is 2.86. The summed E-state index contributed by atoms with van der Waals surface area (Å²) in [6, 6.07) is 13.1. The van der Waals surface area contributed by atoms with Crippen LogP contribution in [0.15, 0.2) is 53.3 Å². The van der Waals surface area contributed by atoms with Crippen molar-refractivity contribution in [3.8, 4) is 17.1 Å². The third-order valence-corrected chi connectivity index (χ3v) is 4.18. The molecule has 27 heavy (non-hydrogen) atoms. The zero-order valence-electron chi connectivity index (χ0n) is 14.2. The van der Waals surface area contributed by atoms with Gasteiger partial charge in [0.15, 0.2) is 17.2 Å². The molecule has 2 aromatic heterocycles. The minimum absolute atomic E-state index is 0.0331. The van der Waals surface area contributed by atoms with Gasteiger partial charge in [-0.2, -0.15) is 0 Å². The smallest absolute Gasteiger partial charge is 0.332 e. The number of amides is 1. The van der Waals surface area contributed by atoms with Gasteiger partial charge in [0.1, 0.15) is 11.3 Å².